The van der Waals surface area contributed by atoms with Crippen molar-refractivity contribution in [3.05, 3.63) is 51.2 Å². The summed E-state index contributed by atoms with van der Waals surface area (Å²) in [4.78, 5) is 27.6. The van der Waals surface area contributed by atoms with Crippen LogP contribution in [0.15, 0.2) is 35.7 Å². The lowest BCUT2D eigenvalue weighted by Gasteiger charge is -2.25. The number of hydrogen-bond acceptors (Lipinski definition) is 4. The zero-order valence-electron chi connectivity index (χ0n) is 13.9. The van der Waals surface area contributed by atoms with Gasteiger partial charge in [0.05, 0.1) is 15.6 Å². The van der Waals surface area contributed by atoms with Crippen molar-refractivity contribution >= 4 is 40.4 Å². The Balaban J connectivity index is 1.79. The first-order valence-corrected chi connectivity index (χ1v) is 9.46. The highest BCUT2D eigenvalue weighted by molar-refractivity contribution is 7.12. The molecule has 1 aliphatic heterocycles. The largest absolute Gasteiger partial charge is 0.334 e. The fourth-order valence-electron chi connectivity index (χ4n) is 3.06. The SMILES string of the molecule is CNCC1CCCN1C(=O)c1ccc(Cl)c(NC(=O)c2cccs2)c1. The monoisotopic (exact) mass is 377 g/mol. The molecular weight excluding hydrogens is 358 g/mol. The van der Waals surface area contributed by atoms with Gasteiger partial charge < -0.3 is 15.5 Å². The summed E-state index contributed by atoms with van der Waals surface area (Å²) in [6.45, 7) is 1.53. The molecule has 0 aliphatic carbocycles. The summed E-state index contributed by atoms with van der Waals surface area (Å²) >= 11 is 7.55. The number of anilines is 1. The van der Waals surface area contributed by atoms with Crippen molar-refractivity contribution in [1.82, 2.24) is 10.2 Å². The molecule has 132 valence electrons. The van der Waals surface area contributed by atoms with E-state index in [2.05, 4.69) is 10.6 Å². The van der Waals surface area contributed by atoms with Crippen molar-refractivity contribution in [1.29, 1.82) is 0 Å². The minimum atomic E-state index is -0.226. The van der Waals surface area contributed by atoms with Gasteiger partial charge in [0.25, 0.3) is 11.8 Å². The number of rotatable bonds is 5. The van der Waals surface area contributed by atoms with E-state index in [0.717, 1.165) is 25.9 Å². The highest BCUT2D eigenvalue weighted by Crippen LogP contribution is 2.27. The molecule has 7 heteroatoms. The molecule has 3 rings (SSSR count). The van der Waals surface area contributed by atoms with Crippen molar-refractivity contribution in [2.75, 3.05) is 25.5 Å². The predicted octanol–water partition coefficient (Wildman–Crippen LogP) is 3.48. The molecule has 1 unspecified atom stereocenters. The van der Waals surface area contributed by atoms with E-state index in [4.69, 9.17) is 11.6 Å². The topological polar surface area (TPSA) is 61.4 Å². The highest BCUT2D eigenvalue weighted by Gasteiger charge is 2.29. The van der Waals surface area contributed by atoms with E-state index < -0.39 is 0 Å². The standard InChI is InChI=1S/C18H20ClN3O2S/c1-20-11-13-4-2-8-22(13)18(24)12-6-7-14(19)15(10-12)21-17(23)16-5-3-9-25-16/h3,5-7,9-10,13,20H,2,4,8,11H2,1H3,(H,21,23). The summed E-state index contributed by atoms with van der Waals surface area (Å²) in [6, 6.07) is 8.79. The molecule has 1 aliphatic rings. The summed E-state index contributed by atoms with van der Waals surface area (Å²) in [5.74, 6) is -0.253. The third kappa shape index (κ3) is 4.03. The number of carbonyl (C=O) groups is 2. The molecule has 2 heterocycles. The lowest BCUT2D eigenvalue weighted by molar-refractivity contribution is 0.0736. The van der Waals surface area contributed by atoms with Crippen LogP contribution in [-0.4, -0.2) is 42.9 Å². The summed E-state index contributed by atoms with van der Waals surface area (Å²) < 4.78 is 0. The molecule has 1 fully saturated rings. The second-order valence-electron chi connectivity index (χ2n) is 5.98. The van der Waals surface area contributed by atoms with Crippen LogP contribution in [-0.2, 0) is 0 Å². The van der Waals surface area contributed by atoms with Crippen molar-refractivity contribution in [2.45, 2.75) is 18.9 Å². The van der Waals surface area contributed by atoms with Gasteiger partial charge in [0.2, 0.25) is 0 Å². The molecule has 1 aromatic heterocycles. The van der Waals surface area contributed by atoms with E-state index >= 15 is 0 Å². The molecule has 5 nitrogen and oxygen atoms in total. The van der Waals surface area contributed by atoms with Crippen molar-refractivity contribution in [3.8, 4) is 0 Å². The van der Waals surface area contributed by atoms with Gasteiger partial charge >= 0.3 is 0 Å². The third-order valence-electron chi connectivity index (χ3n) is 4.28. The maximum absolute atomic E-state index is 12.9. The number of nitrogens with one attached hydrogen (secondary N) is 2. The predicted molar refractivity (Wildman–Crippen MR) is 102 cm³/mol. The van der Waals surface area contributed by atoms with E-state index in [-0.39, 0.29) is 17.9 Å². The Morgan fingerprint density at radius 2 is 2.20 bits per heavy atom. The van der Waals surface area contributed by atoms with E-state index in [1.807, 2.05) is 23.4 Å². The van der Waals surface area contributed by atoms with E-state index in [1.54, 1.807) is 24.3 Å². The smallest absolute Gasteiger partial charge is 0.265 e. The van der Waals surface area contributed by atoms with E-state index in [1.165, 1.54) is 11.3 Å². The number of thiophene rings is 1. The fraction of sp³-hybridized carbons (Fsp3) is 0.333. The summed E-state index contributed by atoms with van der Waals surface area (Å²) in [5, 5.41) is 8.18. The normalized spacial score (nSPS) is 16.9. The first kappa shape index (κ1) is 17.9. The van der Waals surface area contributed by atoms with Crippen LogP contribution >= 0.6 is 22.9 Å². The minimum Gasteiger partial charge on any atom is -0.334 e. The molecule has 2 N–H and O–H groups in total. The van der Waals surface area contributed by atoms with Crippen molar-refractivity contribution < 1.29 is 9.59 Å². The molecule has 1 atom stereocenters. The van der Waals surface area contributed by atoms with E-state index in [9.17, 15) is 9.59 Å². The number of benzene rings is 1. The first-order valence-electron chi connectivity index (χ1n) is 8.20. The van der Waals surface area contributed by atoms with Gasteiger partial charge in [-0.05, 0) is 49.5 Å². The van der Waals surface area contributed by atoms with Crippen LogP contribution in [0.3, 0.4) is 0 Å². The molecular formula is C18H20ClN3O2S. The lowest BCUT2D eigenvalue weighted by atomic mass is 10.1. The summed E-state index contributed by atoms with van der Waals surface area (Å²) in [6.07, 6.45) is 2.01. The molecule has 0 saturated carbocycles. The number of likely N-dealkylation sites (tertiary alicyclic amines) is 1. The average Bonchev–Trinajstić information content (AvgIpc) is 3.28. The van der Waals surface area contributed by atoms with Gasteiger partial charge in [-0.15, -0.1) is 11.3 Å². The number of carbonyl (C=O) groups excluding carboxylic acids is 2. The van der Waals surface area contributed by atoms with Gasteiger partial charge in [0, 0.05) is 24.7 Å². The Morgan fingerprint density at radius 3 is 2.92 bits per heavy atom. The molecule has 0 bridgehead atoms. The average molecular weight is 378 g/mol. The number of likely N-dealkylation sites (N-methyl/N-ethyl adjacent to an activating group) is 1. The number of hydrogen-bond donors (Lipinski definition) is 2. The minimum absolute atomic E-state index is 0.0268. The van der Waals surface area contributed by atoms with Crippen molar-refractivity contribution in [3.63, 3.8) is 0 Å². The van der Waals surface area contributed by atoms with Gasteiger partial charge in [-0.3, -0.25) is 9.59 Å². The number of amides is 2. The van der Waals surface area contributed by atoms with Gasteiger partial charge in [-0.2, -0.15) is 0 Å². The zero-order chi connectivity index (χ0) is 17.8. The first-order chi connectivity index (χ1) is 12.1. The Morgan fingerprint density at radius 1 is 1.36 bits per heavy atom. The zero-order valence-corrected chi connectivity index (χ0v) is 15.5. The molecule has 2 aromatic rings. The second-order valence-corrected chi connectivity index (χ2v) is 7.33. The van der Waals surface area contributed by atoms with Crippen LogP contribution in [0, 0.1) is 0 Å². The van der Waals surface area contributed by atoms with Crippen LogP contribution in [0.4, 0.5) is 5.69 Å². The number of halogens is 1. The Hall–Kier alpha value is -1.89. The van der Waals surface area contributed by atoms with Gasteiger partial charge in [0.15, 0.2) is 0 Å². The van der Waals surface area contributed by atoms with Crippen LogP contribution in [0.5, 0.6) is 0 Å². The van der Waals surface area contributed by atoms with Crippen molar-refractivity contribution in [2.24, 2.45) is 0 Å². The van der Waals surface area contributed by atoms with Crippen LogP contribution in [0.2, 0.25) is 5.02 Å². The summed E-state index contributed by atoms with van der Waals surface area (Å²) in [7, 11) is 1.89. The van der Waals surface area contributed by atoms with Gasteiger partial charge in [0.1, 0.15) is 0 Å². The molecule has 25 heavy (non-hydrogen) atoms. The lowest BCUT2D eigenvalue weighted by Crippen LogP contribution is -2.40. The highest BCUT2D eigenvalue weighted by atomic mass is 35.5. The third-order valence-corrected chi connectivity index (χ3v) is 5.48. The summed E-state index contributed by atoms with van der Waals surface area (Å²) in [5.41, 5.74) is 0.990. The maximum atomic E-state index is 12.9. The molecule has 2 amide bonds. The van der Waals surface area contributed by atoms with Gasteiger partial charge in [-0.25, -0.2) is 0 Å². The fourth-order valence-corrected chi connectivity index (χ4v) is 3.85. The van der Waals surface area contributed by atoms with Crippen LogP contribution < -0.4 is 10.6 Å². The Bertz CT molecular complexity index is 764. The molecule has 1 saturated heterocycles. The Labute approximate surface area is 156 Å². The van der Waals surface area contributed by atoms with Crippen LogP contribution in [0.25, 0.3) is 0 Å². The van der Waals surface area contributed by atoms with Crippen LogP contribution in [0.1, 0.15) is 32.9 Å². The molecule has 0 spiro atoms. The number of nitrogens with zero attached hydrogens (tertiary/aromatic N) is 1. The molecule has 1 aromatic carbocycles. The maximum Gasteiger partial charge on any atom is 0.265 e. The Kier molecular flexibility index (Phi) is 5.73. The van der Waals surface area contributed by atoms with E-state index in [0.29, 0.717) is 21.2 Å². The molecule has 0 radical (unpaired) electrons. The second kappa shape index (κ2) is 7.99. The quantitative estimate of drug-likeness (QED) is 0.838. The van der Waals surface area contributed by atoms with Gasteiger partial charge in [-0.1, -0.05) is 17.7 Å².